The van der Waals surface area contributed by atoms with Crippen LogP contribution in [0.4, 0.5) is 10.3 Å². The normalized spacial score (nSPS) is 15.1. The van der Waals surface area contributed by atoms with Crippen molar-refractivity contribution < 1.29 is 9.18 Å². The fraction of sp³-hybridized carbons (Fsp3) is 0.440. The summed E-state index contributed by atoms with van der Waals surface area (Å²) in [7, 11) is 0. The van der Waals surface area contributed by atoms with Crippen LogP contribution in [0.3, 0.4) is 0 Å². The molecule has 0 saturated carbocycles. The van der Waals surface area contributed by atoms with Crippen molar-refractivity contribution >= 4 is 22.9 Å². The van der Waals surface area contributed by atoms with Crippen molar-refractivity contribution in [3.63, 3.8) is 0 Å². The van der Waals surface area contributed by atoms with Gasteiger partial charge < -0.3 is 14.8 Å². The zero-order valence-electron chi connectivity index (χ0n) is 18.8. The fourth-order valence-electron chi connectivity index (χ4n) is 4.35. The number of aryl methyl sites for hydroxylation is 2. The molecule has 1 saturated heterocycles. The van der Waals surface area contributed by atoms with Crippen LogP contribution >= 0.6 is 0 Å². The number of nitrogens with one attached hydrogen (secondary N) is 1. The van der Waals surface area contributed by atoms with Crippen LogP contribution in [-0.4, -0.2) is 28.5 Å². The van der Waals surface area contributed by atoms with Gasteiger partial charge in [-0.05, 0) is 81.5 Å². The molecule has 0 unspecified atom stereocenters. The number of carbonyl (C=O) groups is 1. The Morgan fingerprint density at radius 2 is 1.77 bits per heavy atom. The number of hydrogen-bond donors (Lipinski definition) is 1. The second-order valence-electron chi connectivity index (χ2n) is 8.91. The van der Waals surface area contributed by atoms with Gasteiger partial charge in [0.15, 0.2) is 0 Å². The molecular weight excluding hydrogens is 391 g/mol. The van der Waals surface area contributed by atoms with Gasteiger partial charge in [-0.25, -0.2) is 9.37 Å². The predicted octanol–water partition coefficient (Wildman–Crippen LogP) is 4.91. The molecule has 1 fully saturated rings. The molecule has 1 aliphatic rings. The first-order chi connectivity index (χ1) is 14.8. The SMILES string of the molecule is Cc1cc2nc(N3CCC(C(=O)NCc4ccc(F)cc4)CC3)n(C(C)C)c2cc1C. The number of halogens is 1. The Hall–Kier alpha value is -2.89. The number of nitrogens with zero attached hydrogens (tertiary/aromatic N) is 3. The van der Waals surface area contributed by atoms with Gasteiger partial charge in [-0.2, -0.15) is 0 Å². The van der Waals surface area contributed by atoms with E-state index < -0.39 is 0 Å². The Kier molecular flexibility index (Phi) is 5.99. The average Bonchev–Trinajstić information content (AvgIpc) is 3.12. The summed E-state index contributed by atoms with van der Waals surface area (Å²) in [6.45, 7) is 10.7. The number of carbonyl (C=O) groups excluding carboxylic acids is 1. The Morgan fingerprint density at radius 3 is 2.42 bits per heavy atom. The summed E-state index contributed by atoms with van der Waals surface area (Å²) in [6.07, 6.45) is 1.60. The smallest absolute Gasteiger partial charge is 0.223 e. The van der Waals surface area contributed by atoms with E-state index in [0.717, 1.165) is 43.0 Å². The molecule has 4 rings (SSSR count). The zero-order valence-corrected chi connectivity index (χ0v) is 18.8. The number of hydrogen-bond acceptors (Lipinski definition) is 3. The van der Waals surface area contributed by atoms with Gasteiger partial charge >= 0.3 is 0 Å². The van der Waals surface area contributed by atoms with Gasteiger partial charge in [0.25, 0.3) is 0 Å². The molecule has 0 radical (unpaired) electrons. The first-order valence-corrected chi connectivity index (χ1v) is 11.1. The third kappa shape index (κ3) is 4.43. The molecule has 0 aliphatic carbocycles. The summed E-state index contributed by atoms with van der Waals surface area (Å²) < 4.78 is 15.4. The lowest BCUT2D eigenvalue weighted by Gasteiger charge is -2.33. The van der Waals surface area contributed by atoms with Gasteiger partial charge in [-0.15, -0.1) is 0 Å². The van der Waals surface area contributed by atoms with E-state index in [1.807, 2.05) is 0 Å². The molecule has 0 atom stereocenters. The summed E-state index contributed by atoms with van der Waals surface area (Å²) in [5.41, 5.74) is 5.64. The first kappa shape index (κ1) is 21.3. The Bertz CT molecular complexity index is 1080. The first-order valence-electron chi connectivity index (χ1n) is 11.1. The van der Waals surface area contributed by atoms with Crippen molar-refractivity contribution in [2.75, 3.05) is 18.0 Å². The molecule has 1 aliphatic heterocycles. The lowest BCUT2D eigenvalue weighted by atomic mass is 9.96. The van der Waals surface area contributed by atoms with E-state index in [9.17, 15) is 9.18 Å². The number of imidazole rings is 1. The molecular formula is C25H31FN4O. The predicted molar refractivity (Wildman–Crippen MR) is 123 cm³/mol. The van der Waals surface area contributed by atoms with Crippen LogP contribution in [0.2, 0.25) is 0 Å². The molecule has 2 heterocycles. The molecule has 0 spiro atoms. The van der Waals surface area contributed by atoms with E-state index in [-0.39, 0.29) is 17.6 Å². The summed E-state index contributed by atoms with van der Waals surface area (Å²) in [5, 5.41) is 3.01. The van der Waals surface area contributed by atoms with Gasteiger partial charge in [0, 0.05) is 31.6 Å². The van der Waals surface area contributed by atoms with Crippen LogP contribution in [0.5, 0.6) is 0 Å². The second-order valence-corrected chi connectivity index (χ2v) is 8.91. The van der Waals surface area contributed by atoms with Gasteiger partial charge in [-0.1, -0.05) is 12.1 Å². The lowest BCUT2D eigenvalue weighted by molar-refractivity contribution is -0.125. The van der Waals surface area contributed by atoms with Crippen molar-refractivity contribution in [2.45, 2.75) is 53.1 Å². The van der Waals surface area contributed by atoms with Crippen LogP contribution in [0.1, 0.15) is 49.4 Å². The highest BCUT2D eigenvalue weighted by Crippen LogP contribution is 2.31. The maximum atomic E-state index is 13.0. The minimum Gasteiger partial charge on any atom is -0.352 e. The number of rotatable bonds is 5. The average molecular weight is 423 g/mol. The molecule has 5 nitrogen and oxygen atoms in total. The third-order valence-electron chi connectivity index (χ3n) is 6.33. The van der Waals surface area contributed by atoms with E-state index in [2.05, 4.69) is 54.6 Å². The highest BCUT2D eigenvalue weighted by atomic mass is 19.1. The van der Waals surface area contributed by atoms with Gasteiger partial charge in [-0.3, -0.25) is 4.79 Å². The van der Waals surface area contributed by atoms with Crippen molar-refractivity contribution in [1.82, 2.24) is 14.9 Å². The number of amides is 1. The van der Waals surface area contributed by atoms with Crippen LogP contribution in [0.15, 0.2) is 36.4 Å². The molecule has 1 N–H and O–H groups in total. The molecule has 6 heteroatoms. The van der Waals surface area contributed by atoms with Crippen LogP contribution in [0.25, 0.3) is 11.0 Å². The van der Waals surface area contributed by atoms with Crippen LogP contribution in [-0.2, 0) is 11.3 Å². The largest absolute Gasteiger partial charge is 0.352 e. The molecule has 0 bridgehead atoms. The quantitative estimate of drug-likeness (QED) is 0.636. The number of piperidine rings is 1. The van der Waals surface area contributed by atoms with Crippen molar-refractivity contribution in [3.05, 3.63) is 58.9 Å². The van der Waals surface area contributed by atoms with Gasteiger partial charge in [0.2, 0.25) is 11.9 Å². The minimum atomic E-state index is -0.264. The van der Waals surface area contributed by atoms with E-state index in [1.165, 1.54) is 28.8 Å². The van der Waals surface area contributed by atoms with Gasteiger partial charge in [0.05, 0.1) is 11.0 Å². The van der Waals surface area contributed by atoms with Crippen LogP contribution in [0, 0.1) is 25.6 Å². The number of benzene rings is 2. The van der Waals surface area contributed by atoms with Crippen LogP contribution < -0.4 is 10.2 Å². The molecule has 164 valence electrons. The monoisotopic (exact) mass is 422 g/mol. The molecule has 1 amide bonds. The summed E-state index contributed by atoms with van der Waals surface area (Å²) >= 11 is 0. The third-order valence-corrected chi connectivity index (χ3v) is 6.33. The number of aromatic nitrogens is 2. The van der Waals surface area contributed by atoms with Crippen molar-refractivity contribution in [3.8, 4) is 0 Å². The Labute approximate surface area is 183 Å². The summed E-state index contributed by atoms with van der Waals surface area (Å²) in [5.74, 6) is 0.811. The Balaban J connectivity index is 1.43. The standard InChI is InChI=1S/C25H31FN4O/c1-16(2)30-23-14-18(4)17(3)13-22(23)28-25(30)29-11-9-20(10-12-29)24(31)27-15-19-5-7-21(26)8-6-19/h5-8,13-14,16,20H,9-12,15H2,1-4H3,(H,27,31). The van der Waals surface area contributed by atoms with E-state index in [1.54, 1.807) is 12.1 Å². The molecule has 3 aromatic rings. The summed E-state index contributed by atoms with van der Waals surface area (Å²) in [4.78, 5) is 19.9. The lowest BCUT2D eigenvalue weighted by Crippen LogP contribution is -2.41. The summed E-state index contributed by atoms with van der Waals surface area (Å²) in [6, 6.07) is 11.0. The minimum absolute atomic E-state index is 0.00179. The van der Waals surface area contributed by atoms with Crippen molar-refractivity contribution in [2.24, 2.45) is 5.92 Å². The topological polar surface area (TPSA) is 50.2 Å². The zero-order chi connectivity index (χ0) is 22.1. The Morgan fingerprint density at radius 1 is 1.13 bits per heavy atom. The molecule has 31 heavy (non-hydrogen) atoms. The van der Waals surface area contributed by atoms with Gasteiger partial charge in [0.1, 0.15) is 5.82 Å². The van der Waals surface area contributed by atoms with E-state index in [0.29, 0.717) is 12.6 Å². The fourth-order valence-corrected chi connectivity index (χ4v) is 4.35. The van der Waals surface area contributed by atoms with Crippen molar-refractivity contribution in [1.29, 1.82) is 0 Å². The maximum absolute atomic E-state index is 13.0. The maximum Gasteiger partial charge on any atom is 0.223 e. The highest BCUT2D eigenvalue weighted by Gasteiger charge is 2.28. The molecule has 2 aromatic carbocycles. The van der Waals surface area contributed by atoms with E-state index >= 15 is 0 Å². The number of fused-ring (bicyclic) bond motifs is 1. The number of anilines is 1. The highest BCUT2D eigenvalue weighted by molar-refractivity contribution is 5.81. The molecule has 1 aromatic heterocycles. The second kappa shape index (κ2) is 8.69. The van der Waals surface area contributed by atoms with E-state index in [4.69, 9.17) is 4.98 Å².